The number of aryl methyl sites for hydroxylation is 1. The highest BCUT2D eigenvalue weighted by Gasteiger charge is 2.20. The van der Waals surface area contributed by atoms with Gasteiger partial charge >= 0.3 is 0 Å². The number of nitrogens with one attached hydrogen (secondary N) is 2. The van der Waals surface area contributed by atoms with E-state index in [1.165, 1.54) is 0 Å². The highest BCUT2D eigenvalue weighted by atomic mass is 16.5. The highest BCUT2D eigenvalue weighted by Crippen LogP contribution is 2.28. The molecule has 3 rings (SSSR count). The lowest BCUT2D eigenvalue weighted by molar-refractivity contribution is -0.116. The van der Waals surface area contributed by atoms with E-state index in [9.17, 15) is 9.59 Å². The van der Waals surface area contributed by atoms with E-state index in [4.69, 9.17) is 4.74 Å². The van der Waals surface area contributed by atoms with Gasteiger partial charge in [0.15, 0.2) is 0 Å². The van der Waals surface area contributed by atoms with Crippen molar-refractivity contribution in [2.45, 2.75) is 18.9 Å². The van der Waals surface area contributed by atoms with Crippen molar-refractivity contribution < 1.29 is 14.3 Å². The maximum Gasteiger partial charge on any atom is 0.251 e. The number of fused-ring (bicyclic) bond motifs is 1. The van der Waals surface area contributed by atoms with E-state index in [1.54, 1.807) is 19.2 Å². The third-order valence-corrected chi connectivity index (χ3v) is 4.84. The number of anilines is 1. The smallest absolute Gasteiger partial charge is 0.251 e. The molecule has 2 N–H and O–H groups in total. The van der Waals surface area contributed by atoms with Gasteiger partial charge in [-0.2, -0.15) is 0 Å². The summed E-state index contributed by atoms with van der Waals surface area (Å²) in [5, 5.41) is 5.86. The van der Waals surface area contributed by atoms with Crippen molar-refractivity contribution in [1.82, 2.24) is 10.2 Å². The van der Waals surface area contributed by atoms with Gasteiger partial charge in [-0.15, -0.1) is 0 Å². The molecule has 0 saturated heterocycles. The lowest BCUT2D eigenvalue weighted by Gasteiger charge is -2.26. The van der Waals surface area contributed by atoms with E-state index >= 15 is 0 Å². The van der Waals surface area contributed by atoms with Crippen LogP contribution in [0.5, 0.6) is 5.75 Å². The average molecular weight is 367 g/mol. The fraction of sp³-hybridized carbons (Fsp3) is 0.333. The van der Waals surface area contributed by atoms with Crippen LogP contribution in [-0.4, -0.2) is 44.5 Å². The first kappa shape index (κ1) is 18.9. The van der Waals surface area contributed by atoms with E-state index < -0.39 is 0 Å². The monoisotopic (exact) mass is 367 g/mol. The van der Waals surface area contributed by atoms with E-state index in [0.717, 1.165) is 22.6 Å². The van der Waals surface area contributed by atoms with Crippen LogP contribution in [-0.2, 0) is 11.2 Å². The fourth-order valence-corrected chi connectivity index (χ4v) is 3.33. The standard InChI is InChI=1S/C21H25N3O3/c1-24(2)18(16-6-4-5-7-19(16)27-3)13-22-21(26)15-8-10-17-14(12-15)9-11-20(25)23-17/h4-8,10,12,18H,9,11,13H2,1-3H3,(H,22,26)(H,23,25). The molecule has 6 heteroatoms. The van der Waals surface area contributed by atoms with Crippen molar-refractivity contribution in [3.63, 3.8) is 0 Å². The predicted octanol–water partition coefficient (Wildman–Crippen LogP) is 2.61. The number of ether oxygens (including phenoxy) is 1. The van der Waals surface area contributed by atoms with E-state index in [-0.39, 0.29) is 17.9 Å². The molecule has 0 aliphatic carbocycles. The number of benzene rings is 2. The van der Waals surface area contributed by atoms with Gasteiger partial charge in [-0.1, -0.05) is 18.2 Å². The number of para-hydroxylation sites is 1. The van der Waals surface area contributed by atoms with Crippen molar-refractivity contribution in [3.8, 4) is 5.75 Å². The Kier molecular flexibility index (Phi) is 5.76. The Morgan fingerprint density at radius 2 is 2.00 bits per heavy atom. The summed E-state index contributed by atoms with van der Waals surface area (Å²) in [5.74, 6) is 0.691. The third-order valence-electron chi connectivity index (χ3n) is 4.84. The number of rotatable bonds is 6. The molecule has 1 aliphatic rings. The number of nitrogens with zero attached hydrogens (tertiary/aromatic N) is 1. The van der Waals surface area contributed by atoms with Crippen LogP contribution in [0.15, 0.2) is 42.5 Å². The van der Waals surface area contributed by atoms with Crippen LogP contribution in [0, 0.1) is 0 Å². The number of amides is 2. The lowest BCUT2D eigenvalue weighted by atomic mass is 10.00. The molecule has 1 unspecified atom stereocenters. The van der Waals surface area contributed by atoms with E-state index in [2.05, 4.69) is 15.5 Å². The molecule has 0 bridgehead atoms. The van der Waals surface area contributed by atoms with Crippen molar-refractivity contribution in [2.24, 2.45) is 0 Å². The maximum atomic E-state index is 12.7. The van der Waals surface area contributed by atoms with Crippen LogP contribution in [0.4, 0.5) is 5.69 Å². The number of carbonyl (C=O) groups is 2. The summed E-state index contributed by atoms with van der Waals surface area (Å²) in [6, 6.07) is 13.2. The zero-order chi connectivity index (χ0) is 19.4. The normalized spacial score (nSPS) is 14.3. The molecule has 0 spiro atoms. The molecule has 1 aliphatic heterocycles. The van der Waals surface area contributed by atoms with Gasteiger partial charge in [-0.05, 0) is 50.3 Å². The molecule has 0 saturated carbocycles. The van der Waals surface area contributed by atoms with Gasteiger partial charge in [0.1, 0.15) is 5.75 Å². The Labute approximate surface area is 159 Å². The summed E-state index contributed by atoms with van der Waals surface area (Å²) in [6.45, 7) is 0.458. The summed E-state index contributed by atoms with van der Waals surface area (Å²) in [7, 11) is 5.60. The summed E-state index contributed by atoms with van der Waals surface area (Å²) in [4.78, 5) is 26.2. The number of methoxy groups -OCH3 is 1. The quantitative estimate of drug-likeness (QED) is 0.823. The van der Waals surface area contributed by atoms with Crippen molar-refractivity contribution in [2.75, 3.05) is 33.1 Å². The first-order chi connectivity index (χ1) is 13.0. The molecule has 142 valence electrons. The summed E-state index contributed by atoms with van der Waals surface area (Å²) < 4.78 is 5.46. The average Bonchev–Trinajstić information content (AvgIpc) is 2.67. The third kappa shape index (κ3) is 4.28. The first-order valence-electron chi connectivity index (χ1n) is 9.00. The molecule has 1 atom stereocenters. The van der Waals surface area contributed by atoms with Crippen LogP contribution < -0.4 is 15.4 Å². The maximum absolute atomic E-state index is 12.7. The Morgan fingerprint density at radius 1 is 1.22 bits per heavy atom. The summed E-state index contributed by atoms with van der Waals surface area (Å²) in [6.07, 6.45) is 1.11. The molecular formula is C21H25N3O3. The minimum atomic E-state index is -0.128. The van der Waals surface area contributed by atoms with Crippen molar-refractivity contribution in [1.29, 1.82) is 0 Å². The number of likely N-dealkylation sites (N-methyl/N-ethyl adjacent to an activating group) is 1. The Hall–Kier alpha value is -2.86. The zero-order valence-corrected chi connectivity index (χ0v) is 15.9. The summed E-state index contributed by atoms with van der Waals surface area (Å²) in [5.41, 5.74) is 3.42. The van der Waals surface area contributed by atoms with Crippen molar-refractivity contribution >= 4 is 17.5 Å². The molecule has 2 amide bonds. The fourth-order valence-electron chi connectivity index (χ4n) is 3.33. The number of carbonyl (C=O) groups excluding carboxylic acids is 2. The topological polar surface area (TPSA) is 70.7 Å². The van der Waals surface area contributed by atoms with Gasteiger partial charge < -0.3 is 20.3 Å². The Balaban J connectivity index is 1.72. The van der Waals surface area contributed by atoms with E-state index in [0.29, 0.717) is 24.9 Å². The molecule has 2 aromatic carbocycles. The number of hydrogen-bond acceptors (Lipinski definition) is 4. The Bertz CT molecular complexity index is 848. The minimum absolute atomic E-state index is 0.0120. The van der Waals surface area contributed by atoms with Crippen LogP contribution >= 0.6 is 0 Å². The minimum Gasteiger partial charge on any atom is -0.496 e. The predicted molar refractivity (Wildman–Crippen MR) is 105 cm³/mol. The van der Waals surface area contributed by atoms with Gasteiger partial charge in [0.25, 0.3) is 5.91 Å². The molecule has 27 heavy (non-hydrogen) atoms. The van der Waals surface area contributed by atoms with Gasteiger partial charge in [-0.25, -0.2) is 0 Å². The first-order valence-corrected chi connectivity index (χ1v) is 9.00. The van der Waals surface area contributed by atoms with Crippen molar-refractivity contribution in [3.05, 3.63) is 59.2 Å². The van der Waals surface area contributed by atoms with Crippen LogP contribution in [0.2, 0.25) is 0 Å². The zero-order valence-electron chi connectivity index (χ0n) is 15.9. The van der Waals surface area contributed by atoms with Crippen LogP contribution in [0.1, 0.15) is 33.9 Å². The highest BCUT2D eigenvalue weighted by molar-refractivity contribution is 5.97. The summed E-state index contributed by atoms with van der Waals surface area (Å²) >= 11 is 0. The largest absolute Gasteiger partial charge is 0.496 e. The van der Waals surface area contributed by atoms with Gasteiger partial charge in [0.05, 0.1) is 13.2 Å². The molecule has 6 nitrogen and oxygen atoms in total. The molecule has 2 aromatic rings. The second kappa shape index (κ2) is 8.22. The number of hydrogen-bond donors (Lipinski definition) is 2. The van der Waals surface area contributed by atoms with E-state index in [1.807, 2.05) is 44.4 Å². The molecular weight excluding hydrogens is 342 g/mol. The van der Waals surface area contributed by atoms with Crippen LogP contribution in [0.25, 0.3) is 0 Å². The second-order valence-corrected chi connectivity index (χ2v) is 6.85. The SMILES string of the molecule is COc1ccccc1C(CNC(=O)c1ccc2c(c1)CCC(=O)N2)N(C)C. The lowest BCUT2D eigenvalue weighted by Crippen LogP contribution is -2.34. The molecule has 0 fully saturated rings. The second-order valence-electron chi connectivity index (χ2n) is 6.85. The van der Waals surface area contributed by atoms with Gasteiger partial charge in [0, 0.05) is 29.8 Å². The van der Waals surface area contributed by atoms with Gasteiger partial charge in [-0.3, -0.25) is 9.59 Å². The molecule has 0 radical (unpaired) electrons. The van der Waals surface area contributed by atoms with Gasteiger partial charge in [0.2, 0.25) is 5.91 Å². The Morgan fingerprint density at radius 3 is 2.74 bits per heavy atom. The molecule has 0 aromatic heterocycles. The van der Waals surface area contributed by atoms with Crippen LogP contribution in [0.3, 0.4) is 0 Å². The molecule has 1 heterocycles.